The third-order valence-electron chi connectivity index (χ3n) is 4.41. The Balaban J connectivity index is 2.10. The van der Waals surface area contributed by atoms with Crippen molar-refractivity contribution in [2.24, 2.45) is 0 Å². The summed E-state index contributed by atoms with van der Waals surface area (Å²) in [5, 5.41) is 24.7. The summed E-state index contributed by atoms with van der Waals surface area (Å²) in [5.74, 6) is 0.761. The van der Waals surface area contributed by atoms with Crippen LogP contribution < -0.4 is 4.74 Å². The third-order valence-corrected chi connectivity index (χ3v) is 4.41. The van der Waals surface area contributed by atoms with Crippen LogP contribution in [0, 0.1) is 29.7 Å². The summed E-state index contributed by atoms with van der Waals surface area (Å²) < 4.78 is 6.66. The summed E-state index contributed by atoms with van der Waals surface area (Å²) in [7, 11) is 1.63. The van der Waals surface area contributed by atoms with Crippen LogP contribution in [0.2, 0.25) is 0 Å². The van der Waals surface area contributed by atoms with Crippen LogP contribution in [0.5, 0.6) is 5.75 Å². The van der Waals surface area contributed by atoms with Crippen molar-refractivity contribution in [2.75, 3.05) is 7.11 Å². The van der Waals surface area contributed by atoms with Gasteiger partial charge in [-0.1, -0.05) is 12.1 Å². The van der Waals surface area contributed by atoms with E-state index in [9.17, 15) is 5.26 Å². The SMILES string of the molecule is COc1cc2ncc3c(c(-c4ccc(C#N)cc4)nn3C#N)c2cc1C. The highest BCUT2D eigenvalue weighted by atomic mass is 16.5. The second kappa shape index (κ2) is 5.87. The molecule has 0 radical (unpaired) electrons. The van der Waals surface area contributed by atoms with Crippen LogP contribution in [0.3, 0.4) is 0 Å². The highest BCUT2D eigenvalue weighted by Crippen LogP contribution is 2.35. The maximum Gasteiger partial charge on any atom is 0.207 e. The number of hydrogen-bond acceptors (Lipinski definition) is 5. The molecule has 124 valence electrons. The lowest BCUT2D eigenvalue weighted by atomic mass is 10.0. The summed E-state index contributed by atoms with van der Waals surface area (Å²) in [4.78, 5) is 4.47. The Kier molecular flexibility index (Phi) is 3.53. The first-order chi connectivity index (χ1) is 12.7. The van der Waals surface area contributed by atoms with E-state index in [2.05, 4.69) is 22.3 Å². The number of nitrogens with zero attached hydrogens (tertiary/aromatic N) is 5. The molecule has 0 aliphatic heterocycles. The van der Waals surface area contributed by atoms with Gasteiger partial charge in [0.2, 0.25) is 6.19 Å². The van der Waals surface area contributed by atoms with Crippen LogP contribution in [-0.4, -0.2) is 21.9 Å². The monoisotopic (exact) mass is 339 g/mol. The second-order valence-corrected chi connectivity index (χ2v) is 5.91. The predicted octanol–water partition coefficient (Wildman–Crippen LogP) is 3.77. The Bertz CT molecular complexity index is 1240. The Morgan fingerprint density at radius 2 is 1.88 bits per heavy atom. The number of pyridine rings is 1. The van der Waals surface area contributed by atoms with E-state index in [-0.39, 0.29) is 0 Å². The lowest BCUT2D eigenvalue weighted by Gasteiger charge is -2.08. The molecule has 6 heteroatoms. The molecule has 0 amide bonds. The largest absolute Gasteiger partial charge is 0.496 e. The average molecular weight is 339 g/mol. The third kappa shape index (κ3) is 2.25. The van der Waals surface area contributed by atoms with Crippen LogP contribution in [-0.2, 0) is 0 Å². The number of aromatic nitrogens is 3. The summed E-state index contributed by atoms with van der Waals surface area (Å²) in [6.45, 7) is 1.97. The fourth-order valence-electron chi connectivity index (χ4n) is 3.13. The summed E-state index contributed by atoms with van der Waals surface area (Å²) >= 11 is 0. The van der Waals surface area contributed by atoms with E-state index in [0.717, 1.165) is 33.2 Å². The van der Waals surface area contributed by atoms with Gasteiger partial charge >= 0.3 is 0 Å². The fourth-order valence-corrected chi connectivity index (χ4v) is 3.13. The maximum atomic E-state index is 9.45. The number of nitriles is 2. The van der Waals surface area contributed by atoms with Crippen LogP contribution in [0.15, 0.2) is 42.6 Å². The molecule has 0 N–H and O–H groups in total. The zero-order chi connectivity index (χ0) is 18.3. The molecule has 0 saturated carbocycles. The predicted molar refractivity (Wildman–Crippen MR) is 97.5 cm³/mol. The van der Waals surface area contributed by atoms with Gasteiger partial charge in [0.25, 0.3) is 0 Å². The van der Waals surface area contributed by atoms with Crippen molar-refractivity contribution in [2.45, 2.75) is 6.92 Å². The molecular weight excluding hydrogens is 326 g/mol. The topological polar surface area (TPSA) is 87.5 Å². The zero-order valence-electron chi connectivity index (χ0n) is 14.2. The standard InChI is InChI=1S/C20H13N5O/c1-12-7-15-16(8-18(12)26-2)23-10-17-19(15)20(24-25(17)11-22)14-5-3-13(9-21)4-6-14/h3-8,10H,1-2H3. The quantitative estimate of drug-likeness (QED) is 0.555. The normalized spacial score (nSPS) is 10.6. The first-order valence-corrected chi connectivity index (χ1v) is 7.93. The molecule has 0 aliphatic carbocycles. The van der Waals surface area contributed by atoms with E-state index in [1.54, 1.807) is 25.4 Å². The molecular formula is C20H13N5O. The molecule has 4 aromatic rings. The molecule has 0 atom stereocenters. The Labute approximate surface area is 149 Å². The highest BCUT2D eigenvalue weighted by molar-refractivity contribution is 6.11. The van der Waals surface area contributed by atoms with Crippen molar-refractivity contribution in [1.82, 2.24) is 14.8 Å². The molecule has 0 saturated heterocycles. The molecule has 2 aromatic heterocycles. The minimum Gasteiger partial charge on any atom is -0.496 e. The maximum absolute atomic E-state index is 9.45. The number of ether oxygens (including phenoxy) is 1. The molecule has 0 fully saturated rings. The number of aryl methyl sites for hydroxylation is 1. The molecule has 26 heavy (non-hydrogen) atoms. The smallest absolute Gasteiger partial charge is 0.207 e. The number of hydrogen-bond donors (Lipinski definition) is 0. The van der Waals surface area contributed by atoms with Crippen molar-refractivity contribution < 1.29 is 4.74 Å². The molecule has 2 heterocycles. The van der Waals surface area contributed by atoms with Crippen molar-refractivity contribution in [3.05, 3.63) is 53.7 Å². The van der Waals surface area contributed by atoms with Gasteiger partial charge in [0.1, 0.15) is 17.0 Å². The summed E-state index contributed by atoms with van der Waals surface area (Å²) in [5.41, 5.74) is 4.48. The van der Waals surface area contributed by atoms with Crippen LogP contribution in [0.25, 0.3) is 33.1 Å². The van der Waals surface area contributed by atoms with Gasteiger partial charge in [-0.25, -0.2) is 0 Å². The summed E-state index contributed by atoms with van der Waals surface area (Å²) in [6.07, 6.45) is 3.72. The van der Waals surface area contributed by atoms with Crippen molar-refractivity contribution in [3.8, 4) is 29.3 Å². The Morgan fingerprint density at radius 3 is 2.54 bits per heavy atom. The zero-order valence-corrected chi connectivity index (χ0v) is 14.2. The number of methoxy groups -OCH3 is 1. The summed E-state index contributed by atoms with van der Waals surface area (Å²) in [6, 6.07) is 13.1. The van der Waals surface area contributed by atoms with E-state index in [0.29, 0.717) is 16.8 Å². The fraction of sp³-hybridized carbons (Fsp3) is 0.100. The van der Waals surface area contributed by atoms with Crippen molar-refractivity contribution >= 4 is 21.8 Å². The van der Waals surface area contributed by atoms with Crippen LogP contribution in [0.1, 0.15) is 11.1 Å². The number of rotatable bonds is 2. The van der Waals surface area contributed by atoms with Gasteiger partial charge in [-0.05, 0) is 30.7 Å². The van der Waals surface area contributed by atoms with Gasteiger partial charge in [-0.15, -0.1) is 0 Å². The van der Waals surface area contributed by atoms with Crippen LogP contribution >= 0.6 is 0 Å². The molecule has 2 aromatic carbocycles. The minimum atomic E-state index is 0.574. The van der Waals surface area contributed by atoms with E-state index in [1.165, 1.54) is 4.68 Å². The van der Waals surface area contributed by atoms with Crippen molar-refractivity contribution in [1.29, 1.82) is 10.5 Å². The van der Waals surface area contributed by atoms with E-state index >= 15 is 0 Å². The van der Waals surface area contributed by atoms with E-state index in [1.807, 2.05) is 31.2 Å². The van der Waals surface area contributed by atoms with E-state index in [4.69, 9.17) is 10.00 Å². The average Bonchev–Trinajstić information content (AvgIpc) is 3.06. The number of benzene rings is 2. The lowest BCUT2D eigenvalue weighted by molar-refractivity contribution is 0.412. The van der Waals surface area contributed by atoms with Gasteiger partial charge in [0.15, 0.2) is 0 Å². The first-order valence-electron chi connectivity index (χ1n) is 7.93. The molecule has 0 bridgehead atoms. The molecule has 0 unspecified atom stereocenters. The van der Waals surface area contributed by atoms with Gasteiger partial charge in [-0.3, -0.25) is 4.98 Å². The molecule has 6 nitrogen and oxygen atoms in total. The van der Waals surface area contributed by atoms with Gasteiger partial charge in [0, 0.05) is 22.4 Å². The Hall–Kier alpha value is -3.90. The van der Waals surface area contributed by atoms with Crippen molar-refractivity contribution in [3.63, 3.8) is 0 Å². The van der Waals surface area contributed by atoms with Gasteiger partial charge in [0.05, 0.1) is 30.5 Å². The molecule has 4 rings (SSSR count). The lowest BCUT2D eigenvalue weighted by Crippen LogP contribution is -1.91. The minimum absolute atomic E-state index is 0.574. The first kappa shape index (κ1) is 15.6. The van der Waals surface area contributed by atoms with Crippen LogP contribution in [0.4, 0.5) is 0 Å². The Morgan fingerprint density at radius 1 is 1.12 bits per heavy atom. The molecule has 0 spiro atoms. The number of fused-ring (bicyclic) bond motifs is 3. The van der Waals surface area contributed by atoms with E-state index < -0.39 is 0 Å². The van der Waals surface area contributed by atoms with Gasteiger partial charge in [-0.2, -0.15) is 20.3 Å². The highest BCUT2D eigenvalue weighted by Gasteiger charge is 2.17. The van der Waals surface area contributed by atoms with Gasteiger partial charge < -0.3 is 4.74 Å². The molecule has 0 aliphatic rings. The second-order valence-electron chi connectivity index (χ2n) is 5.91.